The van der Waals surface area contributed by atoms with E-state index in [9.17, 15) is 34.4 Å². The Morgan fingerprint density at radius 2 is 1.78 bits per heavy atom. The molecule has 0 bridgehead atoms. The quantitative estimate of drug-likeness (QED) is 0.311. The van der Waals surface area contributed by atoms with Crippen LogP contribution < -0.4 is 9.80 Å². The maximum atomic E-state index is 14.5. The third-order valence-corrected chi connectivity index (χ3v) is 9.67. The normalized spacial score (nSPS) is 25.6. The van der Waals surface area contributed by atoms with Crippen LogP contribution >= 0.6 is 0 Å². The van der Waals surface area contributed by atoms with Gasteiger partial charge in [-0.3, -0.25) is 9.59 Å². The molecule has 3 aliphatic heterocycles. The highest BCUT2D eigenvalue weighted by Crippen LogP contribution is 2.44. The third kappa shape index (κ3) is 5.91. The van der Waals surface area contributed by atoms with E-state index in [0.717, 1.165) is 5.56 Å². The Balaban J connectivity index is 1.29. The van der Waals surface area contributed by atoms with Crippen LogP contribution in [0, 0.1) is 18.7 Å². The minimum atomic E-state index is -1.87. The van der Waals surface area contributed by atoms with Gasteiger partial charge in [0.15, 0.2) is 5.60 Å². The number of anilines is 2. The summed E-state index contributed by atoms with van der Waals surface area (Å²) in [6.07, 6.45) is 2.95. The minimum Gasteiger partial charge on any atom is -0.508 e. The first-order chi connectivity index (χ1) is 21.6. The number of carbonyl (C=O) groups is 2. The lowest BCUT2D eigenvalue weighted by Crippen LogP contribution is -2.55. The molecule has 11 nitrogen and oxygen atoms in total. The van der Waals surface area contributed by atoms with Gasteiger partial charge in [0.1, 0.15) is 23.2 Å². The van der Waals surface area contributed by atoms with Gasteiger partial charge in [-0.2, -0.15) is 0 Å². The standard InChI is InChI=1S/C33H38FN5O6/c1-20-35-11-8-30(36-20)38-17-28(21-2-5-26(41)6-3-21)33(45,19-38)32(44)39-16-23(14-25(39)18-40)27-7-4-24(34)15-29(27)37-12-9-22(10-13-37)31(42)43/h2-8,11,15,22-23,25,28,40-41,45H,9-10,12-14,16-19H2,1H3,(H,42,43)/t23-,25+,28+,33+/m1/s1. The van der Waals surface area contributed by atoms with Crippen molar-refractivity contribution in [2.75, 3.05) is 49.1 Å². The average molecular weight is 620 g/mol. The second-order valence-corrected chi connectivity index (χ2v) is 12.4. The molecule has 12 heteroatoms. The molecule has 45 heavy (non-hydrogen) atoms. The number of likely N-dealkylation sites (tertiary alicyclic amines) is 1. The molecule has 1 aromatic heterocycles. The zero-order chi connectivity index (χ0) is 31.9. The first-order valence-corrected chi connectivity index (χ1v) is 15.3. The molecule has 0 radical (unpaired) electrons. The van der Waals surface area contributed by atoms with Crippen LogP contribution in [0.4, 0.5) is 15.9 Å². The summed E-state index contributed by atoms with van der Waals surface area (Å²) in [4.78, 5) is 40.1. The number of aliphatic hydroxyl groups is 2. The molecule has 0 unspecified atom stereocenters. The SMILES string of the molecule is Cc1nccc(N2C[C@@H](c3ccc(O)cc3)[C@](O)(C(=O)N3C[C@H](c4ccc(F)cc4N4CCC(C(=O)O)CC4)C[C@H]3CO)C2)n1. The molecule has 6 rings (SSSR count). The molecule has 4 N–H and O–H groups in total. The number of halogens is 1. The molecule has 0 saturated carbocycles. The number of aliphatic carboxylic acids is 1. The number of carboxylic acids is 1. The van der Waals surface area contributed by atoms with Crippen LogP contribution in [0.2, 0.25) is 0 Å². The maximum Gasteiger partial charge on any atom is 0.306 e. The van der Waals surface area contributed by atoms with Crippen molar-refractivity contribution in [3.05, 3.63) is 77.5 Å². The van der Waals surface area contributed by atoms with Crippen LogP contribution in [0.5, 0.6) is 5.75 Å². The van der Waals surface area contributed by atoms with E-state index in [2.05, 4.69) is 9.97 Å². The van der Waals surface area contributed by atoms with Crippen LogP contribution in [0.1, 0.15) is 48.0 Å². The molecule has 4 atom stereocenters. The molecular weight excluding hydrogens is 581 g/mol. The molecule has 0 spiro atoms. The summed E-state index contributed by atoms with van der Waals surface area (Å²) in [6, 6.07) is 12.2. The van der Waals surface area contributed by atoms with Crippen molar-refractivity contribution in [3.63, 3.8) is 0 Å². The first-order valence-electron chi connectivity index (χ1n) is 15.3. The van der Waals surface area contributed by atoms with Gasteiger partial charge in [-0.05, 0) is 67.6 Å². The van der Waals surface area contributed by atoms with E-state index in [1.165, 1.54) is 24.3 Å². The van der Waals surface area contributed by atoms with Gasteiger partial charge in [-0.1, -0.05) is 18.2 Å². The molecule has 3 aliphatic rings. The van der Waals surface area contributed by atoms with Crippen molar-refractivity contribution in [3.8, 4) is 5.75 Å². The summed E-state index contributed by atoms with van der Waals surface area (Å²) in [7, 11) is 0. The van der Waals surface area contributed by atoms with Gasteiger partial charge < -0.3 is 35.1 Å². The van der Waals surface area contributed by atoms with E-state index in [0.29, 0.717) is 61.8 Å². The highest BCUT2D eigenvalue weighted by molar-refractivity contribution is 5.89. The van der Waals surface area contributed by atoms with E-state index in [1.54, 1.807) is 42.3 Å². The summed E-state index contributed by atoms with van der Waals surface area (Å²) in [5.41, 5.74) is 0.300. The van der Waals surface area contributed by atoms with Gasteiger partial charge >= 0.3 is 5.97 Å². The Morgan fingerprint density at radius 1 is 1.04 bits per heavy atom. The molecule has 2 aromatic carbocycles. The highest BCUT2D eigenvalue weighted by atomic mass is 19.1. The fourth-order valence-corrected chi connectivity index (χ4v) is 7.25. The molecule has 1 amide bonds. The topological polar surface area (TPSA) is 151 Å². The van der Waals surface area contributed by atoms with Crippen molar-refractivity contribution in [2.45, 2.75) is 49.7 Å². The Kier molecular flexibility index (Phi) is 8.36. The number of carboxylic acid groups (broad SMARTS) is 1. The number of aromatic nitrogens is 2. The van der Waals surface area contributed by atoms with Gasteiger partial charge in [-0.15, -0.1) is 0 Å². The van der Waals surface area contributed by atoms with E-state index in [-0.39, 0.29) is 31.4 Å². The second kappa shape index (κ2) is 12.2. The number of nitrogens with zero attached hydrogens (tertiary/aromatic N) is 5. The number of phenols is 1. The predicted octanol–water partition coefficient (Wildman–Crippen LogP) is 2.64. The van der Waals surface area contributed by atoms with E-state index in [4.69, 9.17) is 0 Å². The fourth-order valence-electron chi connectivity index (χ4n) is 7.25. The van der Waals surface area contributed by atoms with Crippen molar-refractivity contribution < 1.29 is 34.4 Å². The van der Waals surface area contributed by atoms with Crippen molar-refractivity contribution in [2.24, 2.45) is 5.92 Å². The number of aryl methyl sites for hydroxylation is 1. The van der Waals surface area contributed by atoms with Gasteiger partial charge in [0, 0.05) is 49.9 Å². The van der Waals surface area contributed by atoms with Crippen LogP contribution in [0.25, 0.3) is 0 Å². The number of aliphatic hydroxyl groups excluding tert-OH is 1. The van der Waals surface area contributed by atoms with Crippen molar-refractivity contribution in [1.29, 1.82) is 0 Å². The molecule has 3 saturated heterocycles. The number of rotatable bonds is 7. The number of benzene rings is 2. The first kappa shape index (κ1) is 30.7. The summed E-state index contributed by atoms with van der Waals surface area (Å²) in [5, 5.41) is 42.1. The number of amides is 1. The smallest absolute Gasteiger partial charge is 0.306 e. The largest absolute Gasteiger partial charge is 0.508 e. The van der Waals surface area contributed by atoms with Crippen LogP contribution in [-0.2, 0) is 9.59 Å². The summed E-state index contributed by atoms with van der Waals surface area (Å²) in [6.45, 7) is 2.87. The average Bonchev–Trinajstić information content (AvgIpc) is 3.63. The number of aromatic hydroxyl groups is 1. The Bertz CT molecular complexity index is 1570. The summed E-state index contributed by atoms with van der Waals surface area (Å²) < 4.78 is 14.5. The van der Waals surface area contributed by atoms with Crippen molar-refractivity contribution >= 4 is 23.4 Å². The Hall–Kier alpha value is -4.29. The van der Waals surface area contributed by atoms with Crippen LogP contribution in [0.15, 0.2) is 54.7 Å². The van der Waals surface area contributed by atoms with Gasteiger partial charge in [0.2, 0.25) is 0 Å². The number of piperidine rings is 1. The Morgan fingerprint density at radius 3 is 2.44 bits per heavy atom. The molecular formula is C33H38FN5O6. The molecule has 4 heterocycles. The number of hydrogen-bond acceptors (Lipinski definition) is 9. The second-order valence-electron chi connectivity index (χ2n) is 12.4. The maximum absolute atomic E-state index is 14.5. The lowest BCUT2D eigenvalue weighted by atomic mass is 9.83. The number of phenolic OH excluding ortho intramolecular Hbond substituents is 1. The van der Waals surface area contributed by atoms with Crippen LogP contribution in [0.3, 0.4) is 0 Å². The number of carbonyl (C=O) groups excluding carboxylic acids is 1. The van der Waals surface area contributed by atoms with E-state index in [1.807, 2.05) is 9.80 Å². The molecule has 3 aromatic rings. The Labute approximate surface area is 260 Å². The third-order valence-electron chi connectivity index (χ3n) is 9.67. The van der Waals surface area contributed by atoms with Crippen LogP contribution in [-0.4, -0.2) is 98.1 Å². The minimum absolute atomic E-state index is 0.0343. The summed E-state index contributed by atoms with van der Waals surface area (Å²) >= 11 is 0. The van der Waals surface area contributed by atoms with Gasteiger partial charge in [0.25, 0.3) is 5.91 Å². The molecule has 238 valence electrons. The zero-order valence-electron chi connectivity index (χ0n) is 25.1. The lowest BCUT2D eigenvalue weighted by molar-refractivity contribution is -0.152. The number of β-amino-alcohol motifs (C(OH)–C–C–N with tert-alkyl or cyclic N) is 1. The fraction of sp³-hybridized carbons (Fsp3) is 0.455. The predicted molar refractivity (Wildman–Crippen MR) is 164 cm³/mol. The zero-order valence-corrected chi connectivity index (χ0v) is 25.1. The molecule has 0 aliphatic carbocycles. The number of hydrogen-bond donors (Lipinski definition) is 4. The monoisotopic (exact) mass is 619 g/mol. The van der Waals surface area contributed by atoms with E-state index < -0.39 is 41.2 Å². The lowest BCUT2D eigenvalue weighted by Gasteiger charge is -2.35. The molecule has 3 fully saturated rings. The highest BCUT2D eigenvalue weighted by Gasteiger charge is 2.55. The van der Waals surface area contributed by atoms with Gasteiger partial charge in [-0.25, -0.2) is 14.4 Å². The van der Waals surface area contributed by atoms with Gasteiger partial charge in [0.05, 0.1) is 25.1 Å². The summed E-state index contributed by atoms with van der Waals surface area (Å²) in [5.74, 6) is -1.87. The van der Waals surface area contributed by atoms with E-state index >= 15 is 0 Å². The van der Waals surface area contributed by atoms with Crippen molar-refractivity contribution in [1.82, 2.24) is 14.9 Å².